The average Bonchev–Trinajstić information content (AvgIpc) is 2.25. The van der Waals surface area contributed by atoms with Crippen LogP contribution in [0.1, 0.15) is 43.0 Å². The van der Waals surface area contributed by atoms with E-state index in [0.29, 0.717) is 5.57 Å². The molecule has 0 amide bonds. The molecule has 0 aromatic heterocycles. The van der Waals surface area contributed by atoms with E-state index in [0.717, 1.165) is 16.7 Å². The molecule has 0 atom stereocenters. The van der Waals surface area contributed by atoms with Crippen molar-refractivity contribution in [3.8, 4) is 0 Å². The number of methoxy groups -OCH3 is 1. The lowest BCUT2D eigenvalue weighted by Crippen LogP contribution is -2.13. The first-order valence-corrected chi connectivity index (χ1v) is 6.07. The molecule has 0 unspecified atom stereocenters. The molecule has 1 aromatic rings. The second-order valence-corrected chi connectivity index (χ2v) is 5.71. The zero-order valence-electron chi connectivity index (χ0n) is 12.2. The highest BCUT2D eigenvalue weighted by atomic mass is 16.5. The summed E-state index contributed by atoms with van der Waals surface area (Å²) in [7, 11) is 1.38. The normalized spacial score (nSPS) is 11.2. The molecule has 1 rings (SSSR count). The van der Waals surface area contributed by atoms with E-state index in [4.69, 9.17) is 4.74 Å². The molecule has 18 heavy (non-hydrogen) atoms. The Morgan fingerprint density at radius 1 is 1.17 bits per heavy atom. The lowest BCUT2D eigenvalue weighted by Gasteiger charge is -2.22. The Morgan fingerprint density at radius 3 is 1.94 bits per heavy atom. The van der Waals surface area contributed by atoms with Gasteiger partial charge in [-0.25, -0.2) is 4.79 Å². The SMILES string of the molecule is C=C(C(=O)OC)c1c(C)cc(C(C)(C)C)cc1C. The van der Waals surface area contributed by atoms with Crippen molar-refractivity contribution < 1.29 is 9.53 Å². The number of esters is 1. The number of aryl methyl sites for hydroxylation is 2. The minimum atomic E-state index is -0.371. The van der Waals surface area contributed by atoms with Crippen LogP contribution in [0, 0.1) is 13.8 Å². The lowest BCUT2D eigenvalue weighted by atomic mass is 9.83. The van der Waals surface area contributed by atoms with E-state index in [9.17, 15) is 4.79 Å². The summed E-state index contributed by atoms with van der Waals surface area (Å²) in [6, 6.07) is 4.24. The summed E-state index contributed by atoms with van der Waals surface area (Å²) in [5.74, 6) is -0.371. The van der Waals surface area contributed by atoms with E-state index < -0.39 is 0 Å². The molecule has 0 aliphatic rings. The molecule has 0 radical (unpaired) electrons. The van der Waals surface area contributed by atoms with E-state index >= 15 is 0 Å². The van der Waals surface area contributed by atoms with Crippen LogP contribution in [0.5, 0.6) is 0 Å². The molecular formula is C16H22O2. The second kappa shape index (κ2) is 4.97. The van der Waals surface area contributed by atoms with Gasteiger partial charge in [-0.2, -0.15) is 0 Å². The number of benzene rings is 1. The van der Waals surface area contributed by atoms with Crippen LogP contribution in [0.3, 0.4) is 0 Å². The van der Waals surface area contributed by atoms with Gasteiger partial charge in [0, 0.05) is 0 Å². The zero-order valence-corrected chi connectivity index (χ0v) is 12.2. The minimum Gasteiger partial charge on any atom is -0.465 e. The van der Waals surface area contributed by atoms with Crippen LogP contribution in [-0.2, 0) is 14.9 Å². The topological polar surface area (TPSA) is 26.3 Å². The highest BCUT2D eigenvalue weighted by Crippen LogP contribution is 2.30. The predicted octanol–water partition coefficient (Wildman–Crippen LogP) is 3.79. The van der Waals surface area contributed by atoms with E-state index in [1.807, 2.05) is 13.8 Å². The highest BCUT2D eigenvalue weighted by Gasteiger charge is 2.19. The average molecular weight is 246 g/mol. The summed E-state index contributed by atoms with van der Waals surface area (Å²) in [4.78, 5) is 11.6. The molecule has 1 aromatic carbocycles. The van der Waals surface area contributed by atoms with Crippen LogP contribution in [0.25, 0.3) is 5.57 Å². The zero-order chi connectivity index (χ0) is 14.1. The van der Waals surface area contributed by atoms with Gasteiger partial charge in [-0.3, -0.25) is 0 Å². The lowest BCUT2D eigenvalue weighted by molar-refractivity contribution is -0.133. The first kappa shape index (κ1) is 14.5. The molecule has 0 heterocycles. The van der Waals surface area contributed by atoms with Crippen molar-refractivity contribution >= 4 is 11.5 Å². The molecule has 0 saturated heterocycles. The fourth-order valence-electron chi connectivity index (χ4n) is 2.10. The fraction of sp³-hybridized carbons (Fsp3) is 0.438. The summed E-state index contributed by atoms with van der Waals surface area (Å²) >= 11 is 0. The van der Waals surface area contributed by atoms with Gasteiger partial charge in [0.1, 0.15) is 0 Å². The fourth-order valence-corrected chi connectivity index (χ4v) is 2.10. The molecule has 0 spiro atoms. The summed E-state index contributed by atoms with van der Waals surface area (Å²) in [6.07, 6.45) is 0. The Labute approximate surface area is 110 Å². The van der Waals surface area contributed by atoms with E-state index in [-0.39, 0.29) is 11.4 Å². The number of ether oxygens (including phenoxy) is 1. The van der Waals surface area contributed by atoms with Crippen molar-refractivity contribution in [2.45, 2.75) is 40.0 Å². The van der Waals surface area contributed by atoms with Crippen LogP contribution in [-0.4, -0.2) is 13.1 Å². The second-order valence-electron chi connectivity index (χ2n) is 5.71. The third-order valence-electron chi connectivity index (χ3n) is 3.13. The maximum Gasteiger partial charge on any atom is 0.337 e. The van der Waals surface area contributed by atoms with Crippen molar-refractivity contribution in [1.29, 1.82) is 0 Å². The number of carbonyl (C=O) groups excluding carboxylic acids is 1. The van der Waals surface area contributed by atoms with E-state index in [1.165, 1.54) is 12.7 Å². The smallest absolute Gasteiger partial charge is 0.337 e. The van der Waals surface area contributed by atoms with Crippen molar-refractivity contribution in [3.05, 3.63) is 41.0 Å². The quantitative estimate of drug-likeness (QED) is 0.586. The maximum absolute atomic E-state index is 11.6. The Kier molecular flexibility index (Phi) is 4.00. The number of hydrogen-bond acceptors (Lipinski definition) is 2. The van der Waals surface area contributed by atoms with Crippen molar-refractivity contribution in [3.63, 3.8) is 0 Å². The van der Waals surface area contributed by atoms with Gasteiger partial charge < -0.3 is 4.74 Å². The monoisotopic (exact) mass is 246 g/mol. The van der Waals surface area contributed by atoms with Crippen LogP contribution < -0.4 is 0 Å². The molecule has 0 bridgehead atoms. The van der Waals surface area contributed by atoms with Crippen LogP contribution >= 0.6 is 0 Å². The maximum atomic E-state index is 11.6. The Balaban J connectivity index is 3.34. The van der Waals surface area contributed by atoms with Crippen LogP contribution in [0.2, 0.25) is 0 Å². The van der Waals surface area contributed by atoms with Gasteiger partial charge >= 0.3 is 5.97 Å². The van der Waals surface area contributed by atoms with Crippen LogP contribution in [0.15, 0.2) is 18.7 Å². The molecule has 0 aliphatic carbocycles. The van der Waals surface area contributed by atoms with Crippen molar-refractivity contribution in [2.24, 2.45) is 0 Å². The van der Waals surface area contributed by atoms with Gasteiger partial charge in [-0.05, 0) is 41.5 Å². The first-order chi connectivity index (χ1) is 8.18. The van der Waals surface area contributed by atoms with Gasteiger partial charge in [0.2, 0.25) is 0 Å². The summed E-state index contributed by atoms with van der Waals surface area (Å²) < 4.78 is 4.74. The molecule has 98 valence electrons. The number of hydrogen-bond donors (Lipinski definition) is 0. The minimum absolute atomic E-state index is 0.0979. The van der Waals surface area contributed by atoms with Gasteiger partial charge in [0.05, 0.1) is 12.7 Å². The van der Waals surface area contributed by atoms with Gasteiger partial charge in [-0.15, -0.1) is 0 Å². The number of rotatable bonds is 2. The Bertz CT molecular complexity index is 467. The van der Waals surface area contributed by atoms with Gasteiger partial charge in [0.15, 0.2) is 0 Å². The molecular weight excluding hydrogens is 224 g/mol. The summed E-state index contributed by atoms with van der Waals surface area (Å²) in [5.41, 5.74) is 4.81. The molecule has 0 fully saturated rings. The van der Waals surface area contributed by atoms with Crippen molar-refractivity contribution in [2.75, 3.05) is 7.11 Å². The largest absolute Gasteiger partial charge is 0.465 e. The van der Waals surface area contributed by atoms with E-state index in [2.05, 4.69) is 39.5 Å². The molecule has 2 nitrogen and oxygen atoms in total. The Morgan fingerprint density at radius 2 is 1.61 bits per heavy atom. The van der Waals surface area contributed by atoms with Crippen LogP contribution in [0.4, 0.5) is 0 Å². The molecule has 0 N–H and O–H groups in total. The number of carbonyl (C=O) groups is 1. The van der Waals surface area contributed by atoms with E-state index in [1.54, 1.807) is 0 Å². The van der Waals surface area contributed by atoms with Gasteiger partial charge in [0.25, 0.3) is 0 Å². The molecule has 2 heteroatoms. The summed E-state index contributed by atoms with van der Waals surface area (Å²) in [5, 5.41) is 0. The summed E-state index contributed by atoms with van der Waals surface area (Å²) in [6.45, 7) is 14.4. The third kappa shape index (κ3) is 2.81. The predicted molar refractivity (Wildman–Crippen MR) is 75.7 cm³/mol. The first-order valence-electron chi connectivity index (χ1n) is 6.07. The third-order valence-corrected chi connectivity index (χ3v) is 3.13. The standard InChI is InChI=1S/C16H22O2/c1-10-8-13(16(4,5)6)9-11(2)14(10)12(3)15(17)18-7/h8-9H,3H2,1-2,4-7H3. The van der Waals surface area contributed by atoms with Crippen molar-refractivity contribution in [1.82, 2.24) is 0 Å². The molecule has 0 saturated carbocycles. The highest BCUT2D eigenvalue weighted by molar-refractivity contribution is 6.16. The molecule has 0 aliphatic heterocycles. The van der Waals surface area contributed by atoms with Gasteiger partial charge in [-0.1, -0.05) is 39.5 Å². The Hall–Kier alpha value is -1.57.